The van der Waals surface area contributed by atoms with Gasteiger partial charge in [-0.25, -0.2) is 4.98 Å². The summed E-state index contributed by atoms with van der Waals surface area (Å²) in [6.07, 6.45) is 2.43. The number of aromatic nitrogens is 1. The fraction of sp³-hybridized carbons (Fsp3) is 0.786. The molecule has 2 heterocycles. The van der Waals surface area contributed by atoms with Gasteiger partial charge >= 0.3 is 0 Å². The number of rotatable bonds is 3. The molecule has 0 radical (unpaired) electrons. The number of nitrogens with zero attached hydrogens (tertiary/aromatic N) is 2. The highest BCUT2D eigenvalue weighted by atomic mass is 32.1. The van der Waals surface area contributed by atoms with E-state index in [1.165, 1.54) is 17.8 Å². The van der Waals surface area contributed by atoms with E-state index in [2.05, 4.69) is 31.1 Å². The van der Waals surface area contributed by atoms with Crippen LogP contribution in [0.5, 0.6) is 0 Å². The Morgan fingerprint density at radius 2 is 2.11 bits per heavy atom. The van der Waals surface area contributed by atoms with Crippen LogP contribution in [0.2, 0.25) is 0 Å². The van der Waals surface area contributed by atoms with E-state index in [-0.39, 0.29) is 11.0 Å². The van der Waals surface area contributed by atoms with Crippen molar-refractivity contribution in [2.24, 2.45) is 5.92 Å². The summed E-state index contributed by atoms with van der Waals surface area (Å²) in [6.45, 7) is 9.16. The summed E-state index contributed by atoms with van der Waals surface area (Å²) in [5.74, 6) is 0.578. The second-order valence-electron chi connectivity index (χ2n) is 6.92. The second kappa shape index (κ2) is 4.02. The standard InChI is InChI=1S/C14H22N2OS/c1-13(2,3)12-15-11(7-18-12)6-16-8-14(17,9-16)10-4-5-10/h7,10,17H,4-6,8-9H2,1-3H3. The van der Waals surface area contributed by atoms with Crippen LogP contribution in [0, 0.1) is 5.92 Å². The van der Waals surface area contributed by atoms with Gasteiger partial charge in [0, 0.05) is 30.4 Å². The highest BCUT2D eigenvalue weighted by Crippen LogP contribution is 2.44. The molecule has 1 N–H and O–H groups in total. The quantitative estimate of drug-likeness (QED) is 0.912. The molecule has 100 valence electrons. The van der Waals surface area contributed by atoms with Crippen LogP contribution < -0.4 is 0 Å². The first-order valence-corrected chi connectivity index (χ1v) is 7.64. The maximum atomic E-state index is 10.3. The number of thiazole rings is 1. The van der Waals surface area contributed by atoms with Gasteiger partial charge in [-0.05, 0) is 18.8 Å². The van der Waals surface area contributed by atoms with Crippen LogP contribution in [-0.2, 0) is 12.0 Å². The third-order valence-corrected chi connectivity index (χ3v) is 5.23. The number of hydrogen-bond acceptors (Lipinski definition) is 4. The molecule has 0 atom stereocenters. The maximum Gasteiger partial charge on any atom is 0.0982 e. The van der Waals surface area contributed by atoms with Crippen LogP contribution in [0.4, 0.5) is 0 Å². The van der Waals surface area contributed by atoms with Gasteiger partial charge in [0.25, 0.3) is 0 Å². The summed E-state index contributed by atoms with van der Waals surface area (Å²) < 4.78 is 0. The van der Waals surface area contributed by atoms with E-state index in [9.17, 15) is 5.11 Å². The SMILES string of the molecule is CC(C)(C)c1nc(CN2CC(O)(C3CC3)C2)cs1. The van der Waals surface area contributed by atoms with Gasteiger partial charge in [0.1, 0.15) is 0 Å². The average molecular weight is 266 g/mol. The monoisotopic (exact) mass is 266 g/mol. The largest absolute Gasteiger partial charge is 0.387 e. The molecule has 0 unspecified atom stereocenters. The predicted molar refractivity (Wildman–Crippen MR) is 73.8 cm³/mol. The first-order valence-electron chi connectivity index (χ1n) is 6.76. The van der Waals surface area contributed by atoms with E-state index in [1.807, 2.05) is 0 Å². The topological polar surface area (TPSA) is 36.4 Å². The highest BCUT2D eigenvalue weighted by molar-refractivity contribution is 7.09. The van der Waals surface area contributed by atoms with E-state index in [0.717, 1.165) is 25.3 Å². The van der Waals surface area contributed by atoms with Gasteiger partial charge in [0.2, 0.25) is 0 Å². The zero-order valence-electron chi connectivity index (χ0n) is 11.4. The number of aliphatic hydroxyl groups is 1. The van der Waals surface area contributed by atoms with Crippen molar-refractivity contribution >= 4 is 11.3 Å². The molecule has 1 saturated carbocycles. The van der Waals surface area contributed by atoms with Crippen LogP contribution >= 0.6 is 11.3 Å². The summed E-state index contributed by atoms with van der Waals surface area (Å²) in [6, 6.07) is 0. The number of hydrogen-bond donors (Lipinski definition) is 1. The minimum absolute atomic E-state index is 0.145. The van der Waals surface area contributed by atoms with Crippen molar-refractivity contribution in [2.75, 3.05) is 13.1 Å². The van der Waals surface area contributed by atoms with Crippen molar-refractivity contribution in [3.05, 3.63) is 16.1 Å². The Morgan fingerprint density at radius 3 is 2.61 bits per heavy atom. The third kappa shape index (κ3) is 2.33. The van der Waals surface area contributed by atoms with E-state index < -0.39 is 0 Å². The zero-order chi connectivity index (χ0) is 13.0. The molecule has 1 aromatic heterocycles. The van der Waals surface area contributed by atoms with Gasteiger partial charge in [-0.3, -0.25) is 4.90 Å². The Balaban J connectivity index is 1.57. The minimum Gasteiger partial charge on any atom is -0.387 e. The lowest BCUT2D eigenvalue weighted by molar-refractivity contribution is -0.116. The van der Waals surface area contributed by atoms with E-state index in [0.29, 0.717) is 5.92 Å². The molecule has 4 heteroatoms. The lowest BCUT2D eigenvalue weighted by Crippen LogP contribution is -2.62. The van der Waals surface area contributed by atoms with Crippen molar-refractivity contribution in [1.29, 1.82) is 0 Å². The zero-order valence-corrected chi connectivity index (χ0v) is 12.3. The van der Waals surface area contributed by atoms with Crippen LogP contribution in [0.15, 0.2) is 5.38 Å². The molecule has 1 aromatic rings. The lowest BCUT2D eigenvalue weighted by Gasteiger charge is -2.46. The summed E-state index contributed by atoms with van der Waals surface area (Å²) >= 11 is 1.75. The second-order valence-corrected chi connectivity index (χ2v) is 7.78. The van der Waals surface area contributed by atoms with Crippen molar-refractivity contribution in [2.45, 2.75) is 51.2 Å². The molecule has 2 fully saturated rings. The molecule has 2 aliphatic rings. The van der Waals surface area contributed by atoms with Crippen molar-refractivity contribution in [1.82, 2.24) is 9.88 Å². The fourth-order valence-electron chi connectivity index (χ4n) is 2.67. The molecular formula is C14H22N2OS. The van der Waals surface area contributed by atoms with Crippen molar-refractivity contribution in [3.63, 3.8) is 0 Å². The molecule has 0 amide bonds. The average Bonchev–Trinajstić information content (AvgIpc) is 2.95. The van der Waals surface area contributed by atoms with Crippen LogP contribution in [0.25, 0.3) is 0 Å². The van der Waals surface area contributed by atoms with E-state index in [4.69, 9.17) is 4.98 Å². The third-order valence-electron chi connectivity index (χ3n) is 3.91. The maximum absolute atomic E-state index is 10.3. The van der Waals surface area contributed by atoms with Gasteiger partial charge in [-0.2, -0.15) is 0 Å². The molecule has 1 aliphatic carbocycles. The first kappa shape index (κ1) is 12.6. The molecular weight excluding hydrogens is 244 g/mol. The van der Waals surface area contributed by atoms with Gasteiger partial charge in [0.15, 0.2) is 0 Å². The molecule has 18 heavy (non-hydrogen) atoms. The molecule has 0 spiro atoms. The summed E-state index contributed by atoms with van der Waals surface area (Å²) in [7, 11) is 0. The van der Waals surface area contributed by atoms with E-state index in [1.54, 1.807) is 11.3 Å². The smallest absolute Gasteiger partial charge is 0.0982 e. The van der Waals surface area contributed by atoms with E-state index >= 15 is 0 Å². The predicted octanol–water partition coefficient (Wildman–Crippen LogP) is 2.40. The molecule has 1 saturated heterocycles. The van der Waals surface area contributed by atoms with Crippen molar-refractivity contribution < 1.29 is 5.11 Å². The minimum atomic E-state index is -0.372. The molecule has 3 nitrogen and oxygen atoms in total. The Labute approximate surface area is 113 Å². The summed E-state index contributed by atoms with van der Waals surface area (Å²) in [4.78, 5) is 7.01. The molecule has 0 bridgehead atoms. The number of likely N-dealkylation sites (tertiary alicyclic amines) is 1. The Hall–Kier alpha value is -0.450. The first-order chi connectivity index (χ1) is 8.37. The van der Waals surface area contributed by atoms with Gasteiger partial charge in [-0.15, -0.1) is 11.3 Å². The Bertz CT molecular complexity index is 439. The summed E-state index contributed by atoms with van der Waals surface area (Å²) in [5.41, 5.74) is 0.929. The Kier molecular flexibility index (Phi) is 2.81. The van der Waals surface area contributed by atoms with Crippen molar-refractivity contribution in [3.8, 4) is 0 Å². The van der Waals surface area contributed by atoms with Gasteiger partial charge in [0.05, 0.1) is 16.3 Å². The van der Waals surface area contributed by atoms with Crippen LogP contribution in [-0.4, -0.2) is 33.7 Å². The van der Waals surface area contributed by atoms with Gasteiger partial charge < -0.3 is 5.11 Å². The molecule has 3 rings (SSSR count). The van der Waals surface area contributed by atoms with Crippen LogP contribution in [0.3, 0.4) is 0 Å². The molecule has 0 aromatic carbocycles. The highest BCUT2D eigenvalue weighted by Gasteiger charge is 2.51. The molecule has 1 aliphatic heterocycles. The Morgan fingerprint density at radius 1 is 1.44 bits per heavy atom. The van der Waals surface area contributed by atoms with Gasteiger partial charge in [-0.1, -0.05) is 20.8 Å². The normalized spacial score (nSPS) is 24.0. The van der Waals surface area contributed by atoms with Crippen LogP contribution in [0.1, 0.15) is 44.3 Å². The summed E-state index contributed by atoms with van der Waals surface area (Å²) in [5, 5.41) is 13.6. The fourth-order valence-corrected chi connectivity index (χ4v) is 3.57. The number of β-amino-alcohol motifs (C(OH)–C–C–N with tert-alkyl or cyclic N) is 1. The lowest BCUT2D eigenvalue weighted by atomic mass is 9.89.